The van der Waals surface area contributed by atoms with Gasteiger partial charge in [-0.3, -0.25) is 4.79 Å². The largest absolute Gasteiger partial charge is 0.306 e. The average Bonchev–Trinajstić information content (AvgIpc) is 2.77. The average molecular weight is 240 g/mol. The van der Waals surface area contributed by atoms with Crippen molar-refractivity contribution >= 4 is 17.5 Å². The maximum absolute atomic E-state index is 12.0. The molecule has 1 aliphatic heterocycles. The van der Waals surface area contributed by atoms with Gasteiger partial charge in [-0.15, -0.1) is 0 Å². The second-order valence-electron chi connectivity index (χ2n) is 3.72. The molecule has 16 heavy (non-hydrogen) atoms. The van der Waals surface area contributed by atoms with Gasteiger partial charge in [-0.2, -0.15) is 16.9 Å². The zero-order valence-corrected chi connectivity index (χ0v) is 10.2. The molecule has 88 valence electrons. The lowest BCUT2D eigenvalue weighted by Gasteiger charge is -2.21. The van der Waals surface area contributed by atoms with Gasteiger partial charge in [0.1, 0.15) is 12.2 Å². The first kappa shape index (κ1) is 11.6. The molecular weight excluding hydrogens is 224 g/mol. The molecule has 1 N–H and O–H groups in total. The highest BCUT2D eigenvalue weighted by Gasteiger charge is 2.22. The number of nitrogens with one attached hydrogen (secondary N) is 1. The molecule has 0 aromatic carbocycles. The summed E-state index contributed by atoms with van der Waals surface area (Å²) in [6.07, 6.45) is 1.89. The van der Waals surface area contributed by atoms with E-state index in [1.807, 2.05) is 18.7 Å². The number of carbonyl (C=O) groups is 1. The summed E-state index contributed by atoms with van der Waals surface area (Å²) >= 11 is 1.83. The van der Waals surface area contributed by atoms with Crippen LogP contribution in [0.15, 0.2) is 6.33 Å². The van der Waals surface area contributed by atoms with E-state index in [4.69, 9.17) is 0 Å². The van der Waals surface area contributed by atoms with Crippen LogP contribution in [0.5, 0.6) is 0 Å². The zero-order valence-electron chi connectivity index (χ0n) is 9.35. The van der Waals surface area contributed by atoms with Crippen molar-refractivity contribution in [2.45, 2.75) is 25.9 Å². The normalized spacial score (nSPS) is 20.9. The number of rotatable bonds is 4. The van der Waals surface area contributed by atoms with Gasteiger partial charge in [-0.05, 0) is 6.92 Å². The summed E-state index contributed by atoms with van der Waals surface area (Å²) in [5, 5.41) is 7.30. The molecule has 1 aromatic rings. The Hall–Kier alpha value is -0.880. The van der Waals surface area contributed by atoms with E-state index >= 15 is 0 Å². The van der Waals surface area contributed by atoms with Crippen LogP contribution >= 0.6 is 11.8 Å². The number of ketones is 1. The van der Waals surface area contributed by atoms with Crippen LogP contribution in [0, 0.1) is 0 Å². The van der Waals surface area contributed by atoms with Gasteiger partial charge in [0.15, 0.2) is 5.78 Å². The molecule has 6 heteroatoms. The van der Waals surface area contributed by atoms with E-state index in [-0.39, 0.29) is 11.8 Å². The summed E-state index contributed by atoms with van der Waals surface area (Å²) in [5.41, 5.74) is 0. The molecule has 1 aromatic heterocycles. The molecule has 0 amide bonds. The van der Waals surface area contributed by atoms with E-state index in [0.29, 0.717) is 6.42 Å². The number of Topliss-reactive ketones (excluding diaryl/α,β-unsaturated/α-hetero) is 1. The van der Waals surface area contributed by atoms with Crippen molar-refractivity contribution in [1.29, 1.82) is 0 Å². The quantitative estimate of drug-likeness (QED) is 0.809. The fraction of sp³-hybridized carbons (Fsp3) is 0.700. The SMILES string of the molecule is CCn1ncnc1CC(=O)C1CSCCN1. The standard InChI is InChI=1S/C10H16N4OS/c1-2-14-10(12-7-13-14)5-9(15)8-6-16-4-3-11-8/h7-8,11H,2-6H2,1H3. The Balaban J connectivity index is 1.95. The van der Waals surface area contributed by atoms with Gasteiger partial charge in [0.05, 0.1) is 12.5 Å². The summed E-state index contributed by atoms with van der Waals surface area (Å²) in [7, 11) is 0. The predicted molar refractivity (Wildman–Crippen MR) is 63.5 cm³/mol. The second-order valence-corrected chi connectivity index (χ2v) is 4.87. The van der Waals surface area contributed by atoms with Crippen LogP contribution in [0.25, 0.3) is 0 Å². The molecule has 0 bridgehead atoms. The number of carbonyl (C=O) groups excluding carboxylic acids is 1. The highest BCUT2D eigenvalue weighted by Crippen LogP contribution is 2.10. The van der Waals surface area contributed by atoms with Gasteiger partial charge in [0.2, 0.25) is 0 Å². The van der Waals surface area contributed by atoms with Crippen molar-refractivity contribution in [3.05, 3.63) is 12.2 Å². The van der Waals surface area contributed by atoms with Crippen molar-refractivity contribution in [3.63, 3.8) is 0 Å². The smallest absolute Gasteiger partial charge is 0.158 e. The highest BCUT2D eigenvalue weighted by atomic mass is 32.2. The Labute approximate surface area is 99.0 Å². The summed E-state index contributed by atoms with van der Waals surface area (Å²) in [6.45, 7) is 3.67. The van der Waals surface area contributed by atoms with Crippen LogP contribution in [0.1, 0.15) is 12.7 Å². The molecule has 2 heterocycles. The Morgan fingerprint density at radius 2 is 2.62 bits per heavy atom. The first-order chi connectivity index (χ1) is 7.81. The van der Waals surface area contributed by atoms with E-state index in [1.54, 1.807) is 4.68 Å². The van der Waals surface area contributed by atoms with Gasteiger partial charge >= 0.3 is 0 Å². The van der Waals surface area contributed by atoms with Crippen molar-refractivity contribution in [1.82, 2.24) is 20.1 Å². The summed E-state index contributed by atoms with van der Waals surface area (Å²) < 4.78 is 1.77. The van der Waals surface area contributed by atoms with Crippen LogP contribution in [-0.2, 0) is 17.8 Å². The van der Waals surface area contributed by atoms with E-state index < -0.39 is 0 Å². The molecule has 0 aliphatic carbocycles. The number of nitrogens with zero attached hydrogens (tertiary/aromatic N) is 3. The van der Waals surface area contributed by atoms with Crippen LogP contribution in [0.4, 0.5) is 0 Å². The van der Waals surface area contributed by atoms with Crippen LogP contribution in [-0.4, -0.2) is 44.6 Å². The van der Waals surface area contributed by atoms with Crippen molar-refractivity contribution in [3.8, 4) is 0 Å². The number of aromatic nitrogens is 3. The third-order valence-corrected chi connectivity index (χ3v) is 3.70. The van der Waals surface area contributed by atoms with E-state index in [2.05, 4.69) is 15.4 Å². The minimum Gasteiger partial charge on any atom is -0.306 e. The Bertz CT molecular complexity index is 359. The summed E-state index contributed by atoms with van der Waals surface area (Å²) in [5.74, 6) is 2.95. The fourth-order valence-corrected chi connectivity index (χ4v) is 2.71. The third kappa shape index (κ3) is 2.62. The summed E-state index contributed by atoms with van der Waals surface area (Å²) in [6, 6.07) is -0.0132. The lowest BCUT2D eigenvalue weighted by Crippen LogP contribution is -2.44. The van der Waals surface area contributed by atoms with E-state index in [9.17, 15) is 4.79 Å². The van der Waals surface area contributed by atoms with Crippen molar-refractivity contribution in [2.75, 3.05) is 18.1 Å². The van der Waals surface area contributed by atoms with Gasteiger partial charge in [0.25, 0.3) is 0 Å². The molecule has 1 unspecified atom stereocenters. The molecule has 1 fully saturated rings. The van der Waals surface area contributed by atoms with Crippen molar-refractivity contribution in [2.24, 2.45) is 0 Å². The van der Waals surface area contributed by atoms with Gasteiger partial charge in [-0.1, -0.05) is 0 Å². The molecule has 1 atom stereocenters. The topological polar surface area (TPSA) is 59.8 Å². The molecule has 0 radical (unpaired) electrons. The molecule has 1 saturated heterocycles. The van der Waals surface area contributed by atoms with Crippen LogP contribution < -0.4 is 5.32 Å². The molecule has 0 spiro atoms. The molecule has 2 rings (SSSR count). The van der Waals surface area contributed by atoms with Gasteiger partial charge in [-0.25, -0.2) is 9.67 Å². The number of hydrogen-bond acceptors (Lipinski definition) is 5. The Morgan fingerprint density at radius 3 is 3.31 bits per heavy atom. The molecule has 1 aliphatic rings. The Morgan fingerprint density at radius 1 is 1.75 bits per heavy atom. The minimum atomic E-state index is -0.0132. The van der Waals surface area contributed by atoms with Gasteiger partial charge in [0, 0.05) is 24.6 Å². The second kappa shape index (κ2) is 5.45. The van der Waals surface area contributed by atoms with Crippen LogP contribution in [0.3, 0.4) is 0 Å². The molecular formula is C10H16N4OS. The first-order valence-electron chi connectivity index (χ1n) is 5.51. The molecule has 0 saturated carbocycles. The fourth-order valence-electron chi connectivity index (χ4n) is 1.74. The number of hydrogen-bond donors (Lipinski definition) is 1. The van der Waals surface area contributed by atoms with E-state index in [0.717, 1.165) is 30.4 Å². The van der Waals surface area contributed by atoms with Crippen molar-refractivity contribution < 1.29 is 4.79 Å². The maximum Gasteiger partial charge on any atom is 0.158 e. The van der Waals surface area contributed by atoms with Gasteiger partial charge < -0.3 is 5.32 Å². The Kier molecular flexibility index (Phi) is 3.95. The monoisotopic (exact) mass is 240 g/mol. The highest BCUT2D eigenvalue weighted by molar-refractivity contribution is 7.99. The predicted octanol–water partition coefficient (Wildman–Crippen LogP) is 0.115. The lowest BCUT2D eigenvalue weighted by atomic mass is 10.1. The maximum atomic E-state index is 12.0. The third-order valence-electron chi connectivity index (χ3n) is 2.64. The minimum absolute atomic E-state index is 0.0132. The van der Waals surface area contributed by atoms with Crippen LogP contribution in [0.2, 0.25) is 0 Å². The summed E-state index contributed by atoms with van der Waals surface area (Å²) in [4.78, 5) is 16.1. The number of thioether (sulfide) groups is 1. The first-order valence-corrected chi connectivity index (χ1v) is 6.67. The lowest BCUT2D eigenvalue weighted by molar-refractivity contribution is -0.120. The van der Waals surface area contributed by atoms with E-state index in [1.165, 1.54) is 6.33 Å². The molecule has 5 nitrogen and oxygen atoms in total. The zero-order chi connectivity index (χ0) is 11.4. The number of aryl methyl sites for hydroxylation is 1.